The summed E-state index contributed by atoms with van der Waals surface area (Å²) in [5.41, 5.74) is 0.799. The van der Waals surface area contributed by atoms with Crippen molar-refractivity contribution in [3.63, 3.8) is 0 Å². The average Bonchev–Trinajstić information content (AvgIpc) is 3.01. The predicted octanol–water partition coefficient (Wildman–Crippen LogP) is 1.72. The SMILES string of the molecule is O=C(O)CCC(NCC1CCCO1)C(O)c1ccccc1. The van der Waals surface area contributed by atoms with Gasteiger partial charge in [-0.3, -0.25) is 4.79 Å². The summed E-state index contributed by atoms with van der Waals surface area (Å²) in [4.78, 5) is 10.8. The highest BCUT2D eigenvalue weighted by atomic mass is 16.5. The van der Waals surface area contributed by atoms with Gasteiger partial charge in [-0.15, -0.1) is 0 Å². The molecule has 1 fully saturated rings. The van der Waals surface area contributed by atoms with Gasteiger partial charge in [0.05, 0.1) is 12.2 Å². The zero-order valence-corrected chi connectivity index (χ0v) is 12.1. The second-order valence-corrected chi connectivity index (χ2v) is 5.44. The number of hydrogen-bond acceptors (Lipinski definition) is 4. The second-order valence-electron chi connectivity index (χ2n) is 5.44. The minimum absolute atomic E-state index is 0.0348. The number of aliphatic hydroxyl groups excluding tert-OH is 1. The summed E-state index contributed by atoms with van der Waals surface area (Å²) in [6.45, 7) is 1.43. The van der Waals surface area contributed by atoms with Crippen molar-refractivity contribution in [1.82, 2.24) is 5.32 Å². The van der Waals surface area contributed by atoms with E-state index in [2.05, 4.69) is 5.32 Å². The standard InChI is InChI=1S/C16H23NO4/c18-15(19)9-8-14(17-11-13-7-4-10-21-13)16(20)12-5-2-1-3-6-12/h1-3,5-6,13-14,16-17,20H,4,7-11H2,(H,18,19). The molecule has 2 rings (SSSR count). The van der Waals surface area contributed by atoms with E-state index >= 15 is 0 Å². The van der Waals surface area contributed by atoms with Gasteiger partial charge in [-0.25, -0.2) is 0 Å². The molecule has 0 aromatic heterocycles. The monoisotopic (exact) mass is 293 g/mol. The first-order valence-corrected chi connectivity index (χ1v) is 7.46. The number of ether oxygens (including phenoxy) is 1. The van der Waals surface area contributed by atoms with E-state index in [1.165, 1.54) is 0 Å². The molecule has 1 aromatic rings. The number of carbonyl (C=O) groups is 1. The molecule has 3 atom stereocenters. The van der Waals surface area contributed by atoms with Crippen LogP contribution in [0.4, 0.5) is 0 Å². The Hall–Kier alpha value is -1.43. The molecule has 1 saturated heterocycles. The Morgan fingerprint density at radius 3 is 2.76 bits per heavy atom. The van der Waals surface area contributed by atoms with Crippen molar-refractivity contribution in [2.45, 2.75) is 43.9 Å². The van der Waals surface area contributed by atoms with Crippen molar-refractivity contribution in [3.05, 3.63) is 35.9 Å². The van der Waals surface area contributed by atoms with Crippen molar-refractivity contribution in [3.8, 4) is 0 Å². The van der Waals surface area contributed by atoms with Gasteiger partial charge in [0, 0.05) is 25.6 Å². The zero-order chi connectivity index (χ0) is 15.1. The van der Waals surface area contributed by atoms with Crippen LogP contribution >= 0.6 is 0 Å². The molecule has 1 aliphatic heterocycles. The third-order valence-electron chi connectivity index (χ3n) is 3.82. The van der Waals surface area contributed by atoms with Crippen LogP contribution in [0.5, 0.6) is 0 Å². The van der Waals surface area contributed by atoms with Gasteiger partial charge in [-0.2, -0.15) is 0 Å². The minimum atomic E-state index is -0.848. The normalized spacial score (nSPS) is 21.1. The molecule has 0 bridgehead atoms. The van der Waals surface area contributed by atoms with Gasteiger partial charge in [-0.1, -0.05) is 30.3 Å². The lowest BCUT2D eigenvalue weighted by molar-refractivity contribution is -0.137. The van der Waals surface area contributed by atoms with Crippen molar-refractivity contribution in [1.29, 1.82) is 0 Å². The molecular weight excluding hydrogens is 270 g/mol. The van der Waals surface area contributed by atoms with Gasteiger partial charge in [-0.05, 0) is 24.8 Å². The quantitative estimate of drug-likeness (QED) is 0.680. The van der Waals surface area contributed by atoms with Crippen LogP contribution in [0.1, 0.15) is 37.4 Å². The maximum Gasteiger partial charge on any atom is 0.303 e. The number of hydrogen-bond donors (Lipinski definition) is 3. The van der Waals surface area contributed by atoms with E-state index in [0.717, 1.165) is 25.0 Å². The molecule has 5 heteroatoms. The van der Waals surface area contributed by atoms with E-state index < -0.39 is 12.1 Å². The van der Waals surface area contributed by atoms with Crippen LogP contribution in [0, 0.1) is 0 Å². The smallest absolute Gasteiger partial charge is 0.303 e. The highest BCUT2D eigenvalue weighted by molar-refractivity contribution is 5.66. The van der Waals surface area contributed by atoms with Crippen LogP contribution < -0.4 is 5.32 Å². The fourth-order valence-electron chi connectivity index (χ4n) is 2.62. The van der Waals surface area contributed by atoms with Crippen molar-refractivity contribution >= 4 is 5.97 Å². The lowest BCUT2D eigenvalue weighted by Crippen LogP contribution is -2.39. The second kappa shape index (κ2) is 8.12. The Bertz CT molecular complexity index is 431. The highest BCUT2D eigenvalue weighted by Gasteiger charge is 2.23. The number of rotatable bonds is 8. The first-order chi connectivity index (χ1) is 10.2. The maximum absolute atomic E-state index is 10.8. The van der Waals surface area contributed by atoms with Crippen LogP contribution in [0.15, 0.2) is 30.3 Å². The van der Waals surface area contributed by atoms with E-state index in [-0.39, 0.29) is 18.6 Å². The molecule has 0 amide bonds. The van der Waals surface area contributed by atoms with E-state index in [1.807, 2.05) is 30.3 Å². The Morgan fingerprint density at radius 1 is 1.38 bits per heavy atom. The van der Waals surface area contributed by atoms with E-state index in [9.17, 15) is 9.90 Å². The molecule has 116 valence electrons. The first-order valence-electron chi connectivity index (χ1n) is 7.46. The summed E-state index contributed by atoms with van der Waals surface area (Å²) >= 11 is 0. The topological polar surface area (TPSA) is 78.8 Å². The number of nitrogens with one attached hydrogen (secondary N) is 1. The Labute approximate surface area is 124 Å². The van der Waals surface area contributed by atoms with Crippen molar-refractivity contribution < 1.29 is 19.7 Å². The van der Waals surface area contributed by atoms with E-state index in [4.69, 9.17) is 9.84 Å². The molecule has 21 heavy (non-hydrogen) atoms. The van der Waals surface area contributed by atoms with Crippen LogP contribution in [-0.4, -0.2) is 41.5 Å². The molecule has 0 spiro atoms. The number of carboxylic acid groups (broad SMARTS) is 1. The van der Waals surface area contributed by atoms with Crippen molar-refractivity contribution in [2.75, 3.05) is 13.2 Å². The molecule has 1 aromatic carbocycles. The summed E-state index contributed by atoms with van der Waals surface area (Å²) in [6.07, 6.45) is 1.95. The maximum atomic E-state index is 10.8. The average molecular weight is 293 g/mol. The summed E-state index contributed by atoms with van der Waals surface area (Å²) in [6, 6.07) is 9.05. The summed E-state index contributed by atoms with van der Waals surface area (Å²) < 4.78 is 5.55. The van der Waals surface area contributed by atoms with Gasteiger partial charge in [0.25, 0.3) is 0 Å². The molecule has 1 heterocycles. The Morgan fingerprint density at radius 2 is 2.14 bits per heavy atom. The summed E-state index contributed by atoms with van der Waals surface area (Å²) in [5, 5.41) is 22.6. The fraction of sp³-hybridized carbons (Fsp3) is 0.562. The lowest BCUT2D eigenvalue weighted by Gasteiger charge is -2.25. The molecule has 3 N–H and O–H groups in total. The zero-order valence-electron chi connectivity index (χ0n) is 12.1. The number of carboxylic acids is 1. The number of benzene rings is 1. The molecular formula is C16H23NO4. The van der Waals surface area contributed by atoms with E-state index in [1.54, 1.807) is 0 Å². The predicted molar refractivity (Wildman–Crippen MR) is 79.0 cm³/mol. The molecule has 0 aliphatic carbocycles. The van der Waals surface area contributed by atoms with Crippen LogP contribution in [0.25, 0.3) is 0 Å². The molecule has 0 saturated carbocycles. The number of aliphatic carboxylic acids is 1. The van der Waals surface area contributed by atoms with Crippen molar-refractivity contribution in [2.24, 2.45) is 0 Å². The van der Waals surface area contributed by atoms with Gasteiger partial charge in [0.2, 0.25) is 0 Å². The highest BCUT2D eigenvalue weighted by Crippen LogP contribution is 2.20. The van der Waals surface area contributed by atoms with Crippen LogP contribution in [0.3, 0.4) is 0 Å². The first kappa shape index (κ1) is 15.9. The lowest BCUT2D eigenvalue weighted by atomic mass is 9.98. The fourth-order valence-corrected chi connectivity index (χ4v) is 2.62. The van der Waals surface area contributed by atoms with Gasteiger partial charge in [0.1, 0.15) is 0 Å². The molecule has 3 unspecified atom stereocenters. The Kier molecular flexibility index (Phi) is 6.17. The summed E-state index contributed by atoms with van der Waals surface area (Å²) in [5.74, 6) is -0.848. The number of aliphatic hydroxyl groups is 1. The minimum Gasteiger partial charge on any atom is -0.481 e. The third-order valence-corrected chi connectivity index (χ3v) is 3.82. The molecule has 0 radical (unpaired) electrons. The van der Waals surface area contributed by atoms with E-state index in [0.29, 0.717) is 13.0 Å². The van der Waals surface area contributed by atoms with Gasteiger partial charge in [0.15, 0.2) is 0 Å². The third kappa shape index (κ3) is 5.12. The Balaban J connectivity index is 1.94. The van der Waals surface area contributed by atoms with Crippen LogP contribution in [0.2, 0.25) is 0 Å². The van der Waals surface area contributed by atoms with Crippen LogP contribution in [-0.2, 0) is 9.53 Å². The van der Waals surface area contributed by atoms with Gasteiger partial charge < -0.3 is 20.3 Å². The molecule has 1 aliphatic rings. The summed E-state index contributed by atoms with van der Waals surface area (Å²) in [7, 11) is 0. The molecule has 5 nitrogen and oxygen atoms in total. The van der Waals surface area contributed by atoms with Gasteiger partial charge >= 0.3 is 5.97 Å². The largest absolute Gasteiger partial charge is 0.481 e.